The van der Waals surface area contributed by atoms with Crippen LogP contribution in [-0.4, -0.2) is 33.4 Å². The van der Waals surface area contributed by atoms with E-state index in [0.717, 1.165) is 24.8 Å². The summed E-state index contributed by atoms with van der Waals surface area (Å²) in [4.78, 5) is 24.2. The number of ether oxygens (including phenoxy) is 1. The molecule has 10 heteroatoms. The van der Waals surface area contributed by atoms with E-state index >= 15 is 4.39 Å². The molecule has 0 unspecified atom stereocenters. The number of nitrogens with zero attached hydrogens (tertiary/aromatic N) is 2. The van der Waals surface area contributed by atoms with Gasteiger partial charge in [0.2, 0.25) is 5.43 Å². The standard InChI is InChI=1S/C21H20FN3O4.CH4.2H2S/c1-10-9-29-20-17(12-5-16-11(2)23-3-4-24(16)7-12)15(22)6-13-18(20)25(10)8-14(19(13)26)21(27)28;;;/h5-8,10-11,23H,3-4,9H2,1-2H3,(H,27,28);1H4;2*1H2/t10-,11-;;;/m0.../s1. The lowest BCUT2D eigenvalue weighted by atomic mass is 10.00. The molecular formula is C22H28FN3O4S2. The van der Waals surface area contributed by atoms with Crippen molar-refractivity contribution in [3.8, 4) is 16.9 Å². The molecule has 2 aromatic heterocycles. The fourth-order valence-electron chi connectivity index (χ4n) is 4.38. The van der Waals surface area contributed by atoms with Crippen LogP contribution in [0.3, 0.4) is 0 Å². The van der Waals surface area contributed by atoms with Crippen LogP contribution in [0.5, 0.6) is 5.75 Å². The van der Waals surface area contributed by atoms with E-state index < -0.39 is 17.2 Å². The molecule has 3 aromatic rings. The molecule has 0 radical (unpaired) electrons. The summed E-state index contributed by atoms with van der Waals surface area (Å²) in [5.41, 5.74) is 1.40. The van der Waals surface area contributed by atoms with E-state index in [1.54, 1.807) is 4.57 Å². The van der Waals surface area contributed by atoms with Crippen LogP contribution in [0.1, 0.15) is 49.4 Å². The molecule has 0 amide bonds. The molecule has 2 aliphatic rings. The van der Waals surface area contributed by atoms with E-state index in [0.29, 0.717) is 16.6 Å². The number of pyridine rings is 1. The Morgan fingerprint density at radius 1 is 1.25 bits per heavy atom. The van der Waals surface area contributed by atoms with E-state index in [-0.39, 0.29) is 69.8 Å². The molecule has 0 saturated carbocycles. The number of nitrogens with one attached hydrogen (secondary N) is 1. The summed E-state index contributed by atoms with van der Waals surface area (Å²) >= 11 is 0. The highest BCUT2D eigenvalue weighted by molar-refractivity contribution is 7.59. The zero-order valence-electron chi connectivity index (χ0n) is 17.0. The van der Waals surface area contributed by atoms with Crippen molar-refractivity contribution in [2.24, 2.45) is 0 Å². The second kappa shape index (κ2) is 9.21. The minimum atomic E-state index is -1.33. The van der Waals surface area contributed by atoms with Gasteiger partial charge in [0.1, 0.15) is 18.0 Å². The zero-order chi connectivity index (χ0) is 20.4. The highest BCUT2D eigenvalue weighted by Crippen LogP contribution is 2.43. The summed E-state index contributed by atoms with van der Waals surface area (Å²) in [5, 5.41) is 12.8. The number of halogens is 1. The fraction of sp³-hybridized carbons (Fsp3) is 0.364. The normalized spacial score (nSPS) is 18.5. The number of carboxylic acid groups (broad SMARTS) is 1. The minimum Gasteiger partial charge on any atom is -0.488 e. The molecule has 174 valence electrons. The van der Waals surface area contributed by atoms with E-state index in [2.05, 4.69) is 16.8 Å². The molecular weight excluding hydrogens is 453 g/mol. The molecule has 4 heterocycles. The first-order valence-corrected chi connectivity index (χ1v) is 9.58. The molecule has 7 nitrogen and oxygen atoms in total. The third kappa shape index (κ3) is 3.70. The summed E-state index contributed by atoms with van der Waals surface area (Å²) < 4.78 is 25.0. The molecule has 2 aliphatic heterocycles. The van der Waals surface area contributed by atoms with Gasteiger partial charge in [-0.15, -0.1) is 0 Å². The topological polar surface area (TPSA) is 85.5 Å². The number of carbonyl (C=O) groups is 1. The van der Waals surface area contributed by atoms with Crippen molar-refractivity contribution in [1.82, 2.24) is 14.5 Å². The van der Waals surface area contributed by atoms with Crippen LogP contribution in [0.2, 0.25) is 0 Å². The van der Waals surface area contributed by atoms with Crippen LogP contribution in [0.4, 0.5) is 4.39 Å². The lowest BCUT2D eigenvalue weighted by Gasteiger charge is -2.28. The van der Waals surface area contributed by atoms with Crippen molar-refractivity contribution in [1.29, 1.82) is 0 Å². The summed E-state index contributed by atoms with van der Waals surface area (Å²) in [7, 11) is 0. The second-order valence-corrected chi connectivity index (χ2v) is 7.73. The molecule has 5 rings (SSSR count). The van der Waals surface area contributed by atoms with Crippen LogP contribution in [0.15, 0.2) is 29.3 Å². The van der Waals surface area contributed by atoms with Crippen LogP contribution in [0.25, 0.3) is 22.0 Å². The lowest BCUT2D eigenvalue weighted by molar-refractivity contribution is 0.0694. The first-order chi connectivity index (χ1) is 13.9. The van der Waals surface area contributed by atoms with Gasteiger partial charge >= 0.3 is 5.97 Å². The highest BCUT2D eigenvalue weighted by Gasteiger charge is 2.29. The maximum atomic E-state index is 15.3. The smallest absolute Gasteiger partial charge is 0.341 e. The Morgan fingerprint density at radius 2 is 1.97 bits per heavy atom. The average Bonchev–Trinajstić information content (AvgIpc) is 3.10. The molecule has 0 aliphatic carbocycles. The van der Waals surface area contributed by atoms with Crippen molar-refractivity contribution >= 4 is 43.9 Å². The van der Waals surface area contributed by atoms with Gasteiger partial charge in [-0.1, -0.05) is 7.43 Å². The SMILES string of the molecule is C.C[C@@H]1NCCn2cc(-c3c(F)cc4c(=O)c(C(=O)O)cn5c4c3OC[C@@H]5C)cc21.S.S. The maximum absolute atomic E-state index is 15.3. The number of fused-ring (bicyclic) bond motifs is 1. The summed E-state index contributed by atoms with van der Waals surface area (Å²) in [5.74, 6) is -1.64. The molecule has 0 fully saturated rings. The van der Waals surface area contributed by atoms with E-state index in [1.165, 1.54) is 6.20 Å². The van der Waals surface area contributed by atoms with E-state index in [1.807, 2.05) is 19.2 Å². The third-order valence-corrected chi connectivity index (χ3v) is 5.86. The molecule has 0 saturated heterocycles. The first-order valence-electron chi connectivity index (χ1n) is 9.58. The number of carboxylic acids is 1. The van der Waals surface area contributed by atoms with Gasteiger partial charge in [-0.05, 0) is 26.0 Å². The van der Waals surface area contributed by atoms with Crippen molar-refractivity contribution in [3.63, 3.8) is 0 Å². The van der Waals surface area contributed by atoms with Crippen molar-refractivity contribution < 1.29 is 19.0 Å². The number of aromatic nitrogens is 2. The first kappa shape index (κ1) is 25.8. The Labute approximate surface area is 199 Å². The number of hydrogen-bond acceptors (Lipinski definition) is 4. The predicted molar refractivity (Wildman–Crippen MR) is 133 cm³/mol. The molecule has 1 aromatic carbocycles. The monoisotopic (exact) mass is 481 g/mol. The van der Waals surface area contributed by atoms with Crippen LogP contribution in [-0.2, 0) is 6.54 Å². The van der Waals surface area contributed by atoms with Crippen LogP contribution < -0.4 is 15.5 Å². The summed E-state index contributed by atoms with van der Waals surface area (Å²) in [6.45, 7) is 5.80. The van der Waals surface area contributed by atoms with Gasteiger partial charge in [-0.25, -0.2) is 9.18 Å². The Balaban J connectivity index is 0.00000121. The Kier molecular flexibility index (Phi) is 7.43. The van der Waals surface area contributed by atoms with Gasteiger partial charge in [-0.3, -0.25) is 4.79 Å². The van der Waals surface area contributed by atoms with Crippen molar-refractivity contribution in [2.75, 3.05) is 13.2 Å². The quantitative estimate of drug-likeness (QED) is 0.582. The van der Waals surface area contributed by atoms with Gasteiger partial charge in [0.15, 0.2) is 5.75 Å². The Bertz CT molecular complexity index is 1250. The maximum Gasteiger partial charge on any atom is 0.341 e. The summed E-state index contributed by atoms with van der Waals surface area (Å²) in [6.07, 6.45) is 3.24. The number of hydrogen-bond donors (Lipinski definition) is 2. The van der Waals surface area contributed by atoms with Gasteiger partial charge in [-0.2, -0.15) is 27.0 Å². The number of rotatable bonds is 2. The highest BCUT2D eigenvalue weighted by atomic mass is 32.1. The van der Waals surface area contributed by atoms with Gasteiger partial charge in [0, 0.05) is 42.8 Å². The van der Waals surface area contributed by atoms with E-state index in [9.17, 15) is 14.7 Å². The van der Waals surface area contributed by atoms with Gasteiger partial charge in [0.05, 0.1) is 22.5 Å². The van der Waals surface area contributed by atoms with Gasteiger partial charge in [0.25, 0.3) is 0 Å². The fourth-order valence-corrected chi connectivity index (χ4v) is 4.38. The second-order valence-electron chi connectivity index (χ2n) is 7.73. The average molecular weight is 482 g/mol. The Hall–Kier alpha value is -2.43. The molecule has 0 bridgehead atoms. The number of aromatic carboxylic acids is 1. The van der Waals surface area contributed by atoms with Crippen molar-refractivity contribution in [2.45, 2.75) is 39.9 Å². The number of benzene rings is 1. The molecule has 2 atom stereocenters. The molecule has 2 N–H and O–H groups in total. The molecule has 32 heavy (non-hydrogen) atoms. The predicted octanol–water partition coefficient (Wildman–Crippen LogP) is 3.79. The third-order valence-electron chi connectivity index (χ3n) is 5.86. The van der Waals surface area contributed by atoms with Crippen LogP contribution in [0, 0.1) is 5.82 Å². The molecule has 0 spiro atoms. The summed E-state index contributed by atoms with van der Waals surface area (Å²) in [6, 6.07) is 3.04. The van der Waals surface area contributed by atoms with Crippen LogP contribution >= 0.6 is 27.0 Å². The largest absolute Gasteiger partial charge is 0.488 e. The van der Waals surface area contributed by atoms with Gasteiger partial charge < -0.3 is 24.3 Å². The Morgan fingerprint density at radius 3 is 2.62 bits per heavy atom. The van der Waals surface area contributed by atoms with Crippen molar-refractivity contribution in [3.05, 3.63) is 51.8 Å². The lowest BCUT2D eigenvalue weighted by Crippen LogP contribution is -2.30. The minimum absolute atomic E-state index is 0. The van der Waals surface area contributed by atoms with E-state index in [4.69, 9.17) is 4.74 Å². The zero-order valence-corrected chi connectivity index (χ0v) is 19.0.